The van der Waals surface area contributed by atoms with Gasteiger partial charge in [-0.2, -0.15) is 18.3 Å². The SMILES string of the molecule is Cl.Cl.Cl.O=C(c1ccc(F)cc1)C1CCN(c2ccnc3ccc(-c4c[nH]nc4C(F)(F)F)cc23)CC1. The lowest BCUT2D eigenvalue weighted by Crippen LogP contribution is -2.36. The Morgan fingerprint density at radius 2 is 1.65 bits per heavy atom. The van der Waals surface area contributed by atoms with Gasteiger partial charge in [0.05, 0.1) is 5.52 Å². The maximum atomic E-state index is 13.3. The molecule has 2 aromatic carbocycles. The Hall–Kier alpha value is -2.88. The largest absolute Gasteiger partial charge is 0.435 e. The van der Waals surface area contributed by atoms with E-state index < -0.39 is 11.9 Å². The van der Waals surface area contributed by atoms with Crippen molar-refractivity contribution in [3.05, 3.63) is 78.0 Å². The van der Waals surface area contributed by atoms with Gasteiger partial charge in [0.25, 0.3) is 0 Å². The topological polar surface area (TPSA) is 61.9 Å². The third kappa shape index (κ3) is 6.17. The second-order valence-electron chi connectivity index (χ2n) is 8.34. The van der Waals surface area contributed by atoms with Crippen molar-refractivity contribution in [2.45, 2.75) is 19.0 Å². The first-order chi connectivity index (χ1) is 16.3. The molecule has 0 unspecified atom stereocenters. The molecular weight excluding hydrogens is 555 g/mol. The maximum absolute atomic E-state index is 13.3. The number of ketones is 1. The van der Waals surface area contributed by atoms with E-state index in [0.717, 1.165) is 11.1 Å². The van der Waals surface area contributed by atoms with Gasteiger partial charge in [0.1, 0.15) is 5.82 Å². The Kier molecular flexibility index (Phi) is 9.93. The molecule has 198 valence electrons. The zero-order valence-corrected chi connectivity index (χ0v) is 21.6. The maximum Gasteiger partial charge on any atom is 0.435 e. The predicted molar refractivity (Wildman–Crippen MR) is 142 cm³/mol. The Bertz CT molecular complexity index is 1350. The van der Waals surface area contributed by atoms with Crippen LogP contribution in [-0.2, 0) is 6.18 Å². The van der Waals surface area contributed by atoms with E-state index in [4.69, 9.17) is 0 Å². The van der Waals surface area contributed by atoms with Crippen LogP contribution in [0.4, 0.5) is 23.2 Å². The number of halogens is 7. The minimum absolute atomic E-state index is 0. The number of aromatic amines is 1. The normalized spacial score (nSPS) is 13.9. The quantitative estimate of drug-likeness (QED) is 0.207. The number of rotatable bonds is 4. The number of Topliss-reactive ketones (excluding diaryl/α,β-unsaturated/α-hetero) is 1. The summed E-state index contributed by atoms with van der Waals surface area (Å²) in [6, 6.07) is 12.4. The standard InChI is InChI=1S/C25H20F4N4O.3ClH/c26-18-4-1-15(2-5-18)23(34)16-8-11-33(12-9-16)22-7-10-30-21-6-3-17(13-19(21)22)20-14-31-32-24(20)25(27,28)29;;;/h1-7,10,13-14,16H,8-9,11-12H2,(H,31,32);3*1H. The van der Waals surface area contributed by atoms with Gasteiger partial charge in [0, 0.05) is 53.6 Å². The summed E-state index contributed by atoms with van der Waals surface area (Å²) in [4.78, 5) is 19.3. The number of alkyl halides is 3. The lowest BCUT2D eigenvalue weighted by atomic mass is 9.88. The first-order valence-corrected chi connectivity index (χ1v) is 10.9. The molecule has 0 amide bonds. The van der Waals surface area contributed by atoms with Gasteiger partial charge in [0.15, 0.2) is 11.5 Å². The van der Waals surface area contributed by atoms with Crippen LogP contribution in [0.15, 0.2) is 60.9 Å². The molecule has 3 heterocycles. The number of fused-ring (bicyclic) bond motifs is 1. The van der Waals surface area contributed by atoms with E-state index in [1.165, 1.54) is 30.5 Å². The highest BCUT2D eigenvalue weighted by Gasteiger charge is 2.37. The average molecular weight is 578 g/mol. The molecule has 4 aromatic rings. The second-order valence-corrected chi connectivity index (χ2v) is 8.34. The molecule has 1 saturated heterocycles. The summed E-state index contributed by atoms with van der Waals surface area (Å²) in [5, 5.41) is 6.43. The molecule has 37 heavy (non-hydrogen) atoms. The van der Waals surface area contributed by atoms with Crippen LogP contribution in [0.2, 0.25) is 0 Å². The highest BCUT2D eigenvalue weighted by Crippen LogP contribution is 2.38. The van der Waals surface area contributed by atoms with Crippen LogP contribution < -0.4 is 4.90 Å². The highest BCUT2D eigenvalue weighted by atomic mass is 35.5. The van der Waals surface area contributed by atoms with E-state index in [0.29, 0.717) is 42.6 Å². The minimum atomic E-state index is -4.57. The molecule has 5 rings (SSSR count). The summed E-state index contributed by atoms with van der Waals surface area (Å²) in [6.07, 6.45) is -0.404. The van der Waals surface area contributed by atoms with Gasteiger partial charge in [-0.05, 0) is 60.9 Å². The molecule has 12 heteroatoms. The number of hydrogen-bond acceptors (Lipinski definition) is 4. The van der Waals surface area contributed by atoms with Crippen LogP contribution in [-0.4, -0.2) is 34.1 Å². The summed E-state index contributed by atoms with van der Waals surface area (Å²) in [5.41, 5.74) is 1.44. The molecule has 1 fully saturated rings. The molecule has 1 aliphatic rings. The number of benzene rings is 2. The van der Waals surface area contributed by atoms with Gasteiger partial charge in [-0.1, -0.05) is 6.07 Å². The smallest absolute Gasteiger partial charge is 0.371 e. The average Bonchev–Trinajstić information content (AvgIpc) is 3.34. The summed E-state index contributed by atoms with van der Waals surface area (Å²) in [7, 11) is 0. The van der Waals surface area contributed by atoms with Gasteiger partial charge in [-0.3, -0.25) is 14.9 Å². The zero-order valence-electron chi connectivity index (χ0n) is 19.2. The number of pyridine rings is 1. The molecular formula is C25H23Cl3F4N4O. The van der Waals surface area contributed by atoms with Crippen molar-refractivity contribution in [1.82, 2.24) is 15.2 Å². The number of hydrogen-bond donors (Lipinski definition) is 1. The van der Waals surface area contributed by atoms with E-state index in [1.807, 2.05) is 6.07 Å². The Labute approximate surface area is 228 Å². The van der Waals surface area contributed by atoms with Gasteiger partial charge >= 0.3 is 6.18 Å². The number of piperidine rings is 1. The van der Waals surface area contributed by atoms with Crippen molar-refractivity contribution in [2.75, 3.05) is 18.0 Å². The van der Waals surface area contributed by atoms with Gasteiger partial charge in [0.2, 0.25) is 0 Å². The Balaban J connectivity index is 0.00000160. The monoisotopic (exact) mass is 576 g/mol. The number of H-pyrrole nitrogens is 1. The van der Waals surface area contributed by atoms with Gasteiger partial charge < -0.3 is 4.90 Å². The van der Waals surface area contributed by atoms with Crippen molar-refractivity contribution < 1.29 is 22.4 Å². The molecule has 0 aliphatic carbocycles. The summed E-state index contributed by atoms with van der Waals surface area (Å²) < 4.78 is 53.2. The van der Waals surface area contributed by atoms with Crippen molar-refractivity contribution >= 4 is 59.6 Å². The van der Waals surface area contributed by atoms with E-state index in [2.05, 4.69) is 20.1 Å². The van der Waals surface area contributed by atoms with Gasteiger partial charge in [-0.15, -0.1) is 37.2 Å². The molecule has 0 radical (unpaired) electrons. The van der Waals surface area contributed by atoms with Crippen LogP contribution in [0.5, 0.6) is 0 Å². The number of carbonyl (C=O) groups is 1. The Morgan fingerprint density at radius 1 is 0.973 bits per heavy atom. The summed E-state index contributed by atoms with van der Waals surface area (Å²) >= 11 is 0. The number of aromatic nitrogens is 3. The second kappa shape index (κ2) is 12.1. The van der Waals surface area contributed by atoms with E-state index in [9.17, 15) is 22.4 Å². The van der Waals surface area contributed by atoms with Crippen LogP contribution in [0.3, 0.4) is 0 Å². The fourth-order valence-electron chi connectivity index (χ4n) is 4.53. The number of anilines is 1. The summed E-state index contributed by atoms with van der Waals surface area (Å²) in [5.74, 6) is -0.542. The molecule has 0 spiro atoms. The molecule has 0 bridgehead atoms. The van der Waals surface area contributed by atoms with Crippen molar-refractivity contribution in [3.63, 3.8) is 0 Å². The molecule has 0 atom stereocenters. The number of carbonyl (C=O) groups excluding carboxylic acids is 1. The van der Waals surface area contributed by atoms with E-state index in [1.54, 1.807) is 24.4 Å². The Morgan fingerprint density at radius 3 is 2.30 bits per heavy atom. The number of nitrogens with zero attached hydrogens (tertiary/aromatic N) is 3. The van der Waals surface area contributed by atoms with Gasteiger partial charge in [-0.25, -0.2) is 4.39 Å². The molecule has 0 saturated carbocycles. The lowest BCUT2D eigenvalue weighted by Gasteiger charge is -2.33. The van der Waals surface area contributed by atoms with Crippen LogP contribution in [0.1, 0.15) is 28.9 Å². The minimum Gasteiger partial charge on any atom is -0.371 e. The third-order valence-corrected chi connectivity index (χ3v) is 6.27. The zero-order chi connectivity index (χ0) is 23.9. The lowest BCUT2D eigenvalue weighted by molar-refractivity contribution is -0.140. The molecule has 1 aliphatic heterocycles. The van der Waals surface area contributed by atoms with Crippen molar-refractivity contribution in [1.29, 1.82) is 0 Å². The highest BCUT2D eigenvalue weighted by molar-refractivity contribution is 5.98. The molecule has 1 N–H and O–H groups in total. The van der Waals surface area contributed by atoms with E-state index >= 15 is 0 Å². The fourth-order valence-corrected chi connectivity index (χ4v) is 4.53. The van der Waals surface area contributed by atoms with E-state index in [-0.39, 0.29) is 60.3 Å². The number of nitrogens with one attached hydrogen (secondary N) is 1. The predicted octanol–water partition coefficient (Wildman–Crippen LogP) is 7.15. The van der Waals surface area contributed by atoms with Crippen molar-refractivity contribution in [3.8, 4) is 11.1 Å². The van der Waals surface area contributed by atoms with Crippen LogP contribution in [0.25, 0.3) is 22.0 Å². The first-order valence-electron chi connectivity index (χ1n) is 10.9. The summed E-state index contributed by atoms with van der Waals surface area (Å²) in [6.45, 7) is 1.22. The molecule has 5 nitrogen and oxygen atoms in total. The van der Waals surface area contributed by atoms with Crippen LogP contribution in [0, 0.1) is 11.7 Å². The fraction of sp³-hybridized carbons (Fsp3) is 0.240. The van der Waals surface area contributed by atoms with Crippen LogP contribution >= 0.6 is 37.2 Å². The first kappa shape index (κ1) is 30.3. The third-order valence-electron chi connectivity index (χ3n) is 6.27. The molecule has 2 aromatic heterocycles. The van der Waals surface area contributed by atoms with Crippen molar-refractivity contribution in [2.24, 2.45) is 5.92 Å².